The molecule has 15 heavy (non-hydrogen) atoms. The Kier molecular flexibility index (Phi) is 4.14. The summed E-state index contributed by atoms with van der Waals surface area (Å²) >= 11 is 0. The van der Waals surface area contributed by atoms with Crippen molar-refractivity contribution in [2.75, 3.05) is 13.6 Å². The predicted molar refractivity (Wildman–Crippen MR) is 62.8 cm³/mol. The predicted octanol–water partition coefficient (Wildman–Crippen LogP) is 1.73. The van der Waals surface area contributed by atoms with Crippen molar-refractivity contribution in [1.82, 2.24) is 9.80 Å². The molecular formula is C12H24N2O. The second-order valence-electron chi connectivity index (χ2n) is 5.03. The molecule has 0 aromatic rings. The van der Waals surface area contributed by atoms with Gasteiger partial charge in [-0.2, -0.15) is 0 Å². The third-order valence-corrected chi connectivity index (χ3v) is 3.36. The molecule has 1 saturated heterocycles. The topological polar surface area (TPSA) is 23.6 Å². The Morgan fingerprint density at radius 1 is 1.33 bits per heavy atom. The molecule has 0 radical (unpaired) electrons. The van der Waals surface area contributed by atoms with Gasteiger partial charge in [0.15, 0.2) is 0 Å². The van der Waals surface area contributed by atoms with Crippen molar-refractivity contribution in [3.63, 3.8) is 0 Å². The lowest BCUT2D eigenvalue weighted by atomic mass is 10.1. The number of amides is 1. The van der Waals surface area contributed by atoms with Gasteiger partial charge in [-0.05, 0) is 47.1 Å². The molecule has 88 valence electrons. The largest absolute Gasteiger partial charge is 0.342 e. The van der Waals surface area contributed by atoms with Gasteiger partial charge in [0.1, 0.15) is 0 Å². The lowest BCUT2D eigenvalue weighted by Gasteiger charge is -2.32. The van der Waals surface area contributed by atoms with Gasteiger partial charge in [0.25, 0.3) is 0 Å². The number of likely N-dealkylation sites (N-methyl/N-ethyl adjacent to an activating group) is 1. The van der Waals surface area contributed by atoms with Crippen LogP contribution in [0, 0.1) is 0 Å². The highest BCUT2D eigenvalue weighted by Gasteiger charge is 2.34. The molecule has 0 aromatic carbocycles. The number of hydrogen-bond acceptors (Lipinski definition) is 2. The zero-order chi connectivity index (χ0) is 11.6. The van der Waals surface area contributed by atoms with Crippen molar-refractivity contribution < 1.29 is 4.79 Å². The number of nitrogens with zero attached hydrogens (tertiary/aromatic N) is 2. The fourth-order valence-electron chi connectivity index (χ4n) is 2.16. The van der Waals surface area contributed by atoms with Crippen LogP contribution in [0.3, 0.4) is 0 Å². The van der Waals surface area contributed by atoms with E-state index >= 15 is 0 Å². The van der Waals surface area contributed by atoms with Crippen molar-refractivity contribution in [1.29, 1.82) is 0 Å². The van der Waals surface area contributed by atoms with E-state index in [0.717, 1.165) is 19.4 Å². The van der Waals surface area contributed by atoms with Gasteiger partial charge in [-0.25, -0.2) is 0 Å². The van der Waals surface area contributed by atoms with Crippen molar-refractivity contribution in [3.8, 4) is 0 Å². The van der Waals surface area contributed by atoms with Crippen LogP contribution in [0.4, 0.5) is 0 Å². The molecule has 0 aliphatic carbocycles. The Morgan fingerprint density at radius 2 is 1.93 bits per heavy atom. The average molecular weight is 212 g/mol. The minimum atomic E-state index is 0.123. The molecule has 0 bridgehead atoms. The first kappa shape index (κ1) is 12.5. The lowest BCUT2D eigenvalue weighted by molar-refractivity contribution is -0.136. The first-order valence-electron chi connectivity index (χ1n) is 5.97. The fourth-order valence-corrected chi connectivity index (χ4v) is 2.16. The summed E-state index contributed by atoms with van der Waals surface area (Å²) in [6.45, 7) is 9.53. The summed E-state index contributed by atoms with van der Waals surface area (Å²) in [5.74, 6) is 0.288. The quantitative estimate of drug-likeness (QED) is 0.711. The molecule has 1 aliphatic heterocycles. The van der Waals surface area contributed by atoms with E-state index in [1.807, 2.05) is 11.9 Å². The number of carbonyl (C=O) groups excluding carboxylic acids is 1. The Bertz CT molecular complexity index is 226. The number of likely N-dealkylation sites (tertiary alicyclic amines) is 1. The molecular weight excluding hydrogens is 188 g/mol. The monoisotopic (exact) mass is 212 g/mol. The van der Waals surface area contributed by atoms with E-state index in [0.29, 0.717) is 12.1 Å². The maximum atomic E-state index is 12.2. The molecule has 1 atom stereocenters. The Morgan fingerprint density at radius 3 is 2.40 bits per heavy atom. The molecule has 1 rings (SSSR count). The van der Waals surface area contributed by atoms with Crippen LogP contribution in [0.5, 0.6) is 0 Å². The summed E-state index contributed by atoms with van der Waals surface area (Å²) in [4.78, 5) is 16.4. The highest BCUT2D eigenvalue weighted by molar-refractivity contribution is 5.82. The molecule has 1 fully saturated rings. The highest BCUT2D eigenvalue weighted by atomic mass is 16.2. The van der Waals surface area contributed by atoms with E-state index in [9.17, 15) is 4.79 Å². The van der Waals surface area contributed by atoms with Crippen LogP contribution in [0.1, 0.15) is 40.5 Å². The molecule has 1 heterocycles. The van der Waals surface area contributed by atoms with Gasteiger partial charge in [-0.1, -0.05) is 0 Å². The molecule has 1 aliphatic rings. The molecule has 0 spiro atoms. The van der Waals surface area contributed by atoms with E-state index < -0.39 is 0 Å². The summed E-state index contributed by atoms with van der Waals surface area (Å²) in [6, 6.07) is 0.895. The van der Waals surface area contributed by atoms with Crippen molar-refractivity contribution >= 4 is 5.91 Å². The first-order valence-corrected chi connectivity index (χ1v) is 5.97. The van der Waals surface area contributed by atoms with Crippen LogP contribution in [-0.4, -0.2) is 47.4 Å². The highest BCUT2D eigenvalue weighted by Crippen LogP contribution is 2.21. The van der Waals surface area contributed by atoms with E-state index in [-0.39, 0.29) is 11.9 Å². The van der Waals surface area contributed by atoms with E-state index in [1.165, 1.54) is 0 Å². The molecule has 1 amide bonds. The molecule has 1 unspecified atom stereocenters. The van der Waals surface area contributed by atoms with E-state index in [1.54, 1.807) is 0 Å². The summed E-state index contributed by atoms with van der Waals surface area (Å²) in [5, 5.41) is 0. The van der Waals surface area contributed by atoms with Crippen molar-refractivity contribution in [2.45, 2.75) is 58.7 Å². The van der Waals surface area contributed by atoms with Gasteiger partial charge in [-0.3, -0.25) is 9.69 Å². The standard InChI is InChI=1S/C12H24N2O/c1-9(2)13(5)12(15)11-7-6-8-14(11)10(3)4/h9-11H,6-8H2,1-5H3. The molecule has 0 saturated carbocycles. The summed E-state index contributed by atoms with van der Waals surface area (Å²) in [6.07, 6.45) is 2.18. The van der Waals surface area contributed by atoms with Crippen LogP contribution in [0.25, 0.3) is 0 Å². The Balaban J connectivity index is 2.66. The van der Waals surface area contributed by atoms with Crippen LogP contribution in [0.2, 0.25) is 0 Å². The summed E-state index contributed by atoms with van der Waals surface area (Å²) < 4.78 is 0. The first-order chi connectivity index (χ1) is 6.95. The van der Waals surface area contributed by atoms with Crippen LogP contribution in [0.15, 0.2) is 0 Å². The fraction of sp³-hybridized carbons (Fsp3) is 0.917. The van der Waals surface area contributed by atoms with Gasteiger partial charge in [0.05, 0.1) is 6.04 Å². The van der Waals surface area contributed by atoms with Crippen LogP contribution < -0.4 is 0 Å². The summed E-state index contributed by atoms with van der Waals surface area (Å²) in [5.41, 5.74) is 0. The van der Waals surface area contributed by atoms with Crippen LogP contribution in [-0.2, 0) is 4.79 Å². The average Bonchev–Trinajstić information content (AvgIpc) is 2.63. The van der Waals surface area contributed by atoms with Crippen molar-refractivity contribution in [3.05, 3.63) is 0 Å². The third kappa shape index (κ3) is 2.71. The normalized spacial score (nSPS) is 22.7. The zero-order valence-electron chi connectivity index (χ0n) is 10.7. The molecule has 0 N–H and O–H groups in total. The molecule has 3 nitrogen and oxygen atoms in total. The third-order valence-electron chi connectivity index (χ3n) is 3.36. The number of carbonyl (C=O) groups is 1. The molecule has 0 aromatic heterocycles. The molecule has 3 heteroatoms. The van der Waals surface area contributed by atoms with E-state index in [2.05, 4.69) is 32.6 Å². The minimum absolute atomic E-state index is 0.123. The second kappa shape index (κ2) is 4.97. The van der Waals surface area contributed by atoms with Gasteiger partial charge in [0.2, 0.25) is 5.91 Å². The van der Waals surface area contributed by atoms with Gasteiger partial charge >= 0.3 is 0 Å². The smallest absolute Gasteiger partial charge is 0.239 e. The second-order valence-corrected chi connectivity index (χ2v) is 5.03. The number of rotatable bonds is 3. The number of hydrogen-bond donors (Lipinski definition) is 0. The zero-order valence-corrected chi connectivity index (χ0v) is 10.7. The van der Waals surface area contributed by atoms with E-state index in [4.69, 9.17) is 0 Å². The van der Waals surface area contributed by atoms with Gasteiger partial charge < -0.3 is 4.90 Å². The summed E-state index contributed by atoms with van der Waals surface area (Å²) in [7, 11) is 1.91. The van der Waals surface area contributed by atoms with Crippen LogP contribution >= 0.6 is 0 Å². The maximum Gasteiger partial charge on any atom is 0.239 e. The van der Waals surface area contributed by atoms with Gasteiger partial charge in [-0.15, -0.1) is 0 Å². The minimum Gasteiger partial charge on any atom is -0.342 e. The SMILES string of the molecule is CC(C)N(C)C(=O)C1CCCN1C(C)C. The maximum absolute atomic E-state index is 12.2. The lowest BCUT2D eigenvalue weighted by Crippen LogP contribution is -2.48. The van der Waals surface area contributed by atoms with Crippen molar-refractivity contribution in [2.24, 2.45) is 0 Å². The van der Waals surface area contributed by atoms with Gasteiger partial charge in [0, 0.05) is 19.1 Å². The Hall–Kier alpha value is -0.570. The Labute approximate surface area is 93.4 Å².